The van der Waals surface area contributed by atoms with E-state index >= 15 is 0 Å². The Morgan fingerprint density at radius 3 is 2.76 bits per heavy atom. The van der Waals surface area contributed by atoms with Gasteiger partial charge in [-0.25, -0.2) is 9.97 Å². The first-order chi connectivity index (χ1) is 10.3. The summed E-state index contributed by atoms with van der Waals surface area (Å²) in [6.07, 6.45) is 3.49. The van der Waals surface area contributed by atoms with E-state index in [1.54, 1.807) is 6.33 Å². The zero-order chi connectivity index (χ0) is 14.7. The number of nitrogens with one attached hydrogen (secondary N) is 2. The second kappa shape index (κ2) is 5.87. The highest BCUT2D eigenvalue weighted by molar-refractivity contribution is 5.67. The van der Waals surface area contributed by atoms with Gasteiger partial charge in [0.25, 0.3) is 0 Å². The Balaban J connectivity index is 1.90. The molecule has 1 aliphatic heterocycles. The van der Waals surface area contributed by atoms with Gasteiger partial charge < -0.3 is 20.1 Å². The number of hydrogen-bond donors (Lipinski definition) is 2. The molecule has 2 heterocycles. The lowest BCUT2D eigenvalue weighted by Crippen LogP contribution is -2.05. The minimum Gasteiger partial charge on any atom is -0.454 e. The van der Waals surface area contributed by atoms with Crippen LogP contribution < -0.4 is 20.1 Å². The predicted octanol–water partition coefficient (Wildman–Crippen LogP) is 2.94. The molecule has 6 heteroatoms. The molecule has 0 fully saturated rings. The van der Waals surface area contributed by atoms with E-state index in [1.165, 1.54) is 0 Å². The van der Waals surface area contributed by atoms with E-state index < -0.39 is 0 Å². The lowest BCUT2D eigenvalue weighted by atomic mass is 10.1. The van der Waals surface area contributed by atoms with Crippen molar-refractivity contribution in [3.8, 4) is 11.5 Å². The van der Waals surface area contributed by atoms with Crippen molar-refractivity contribution in [3.63, 3.8) is 0 Å². The van der Waals surface area contributed by atoms with Crippen LogP contribution in [-0.2, 0) is 6.42 Å². The molecule has 0 amide bonds. The summed E-state index contributed by atoms with van der Waals surface area (Å²) in [7, 11) is 1.87. The summed E-state index contributed by atoms with van der Waals surface area (Å²) in [6, 6.07) is 5.76. The zero-order valence-electron chi connectivity index (χ0n) is 12.1. The summed E-state index contributed by atoms with van der Waals surface area (Å²) in [5.74, 6) is 3.19. The first-order valence-corrected chi connectivity index (χ1v) is 7.00. The van der Waals surface area contributed by atoms with Crippen molar-refractivity contribution in [1.82, 2.24) is 9.97 Å². The highest BCUT2D eigenvalue weighted by atomic mass is 16.7. The van der Waals surface area contributed by atoms with E-state index in [-0.39, 0.29) is 6.79 Å². The van der Waals surface area contributed by atoms with Gasteiger partial charge in [0.1, 0.15) is 18.0 Å². The summed E-state index contributed by atoms with van der Waals surface area (Å²) in [4.78, 5) is 8.63. The average Bonchev–Trinajstić information content (AvgIpc) is 2.96. The number of ether oxygens (including phenoxy) is 2. The minimum absolute atomic E-state index is 0.275. The molecule has 110 valence electrons. The van der Waals surface area contributed by atoms with Crippen LogP contribution in [0.15, 0.2) is 24.5 Å². The van der Waals surface area contributed by atoms with Crippen LogP contribution in [0.4, 0.5) is 17.3 Å². The number of rotatable bonds is 5. The normalized spacial score (nSPS) is 12.3. The standard InChI is InChI=1S/C15H18N4O2/c1-3-4-11-14(16-2)17-8-18-15(11)19-10-5-6-12-13(7-10)21-9-20-12/h5-8H,3-4,9H2,1-2H3,(H2,16,17,18,19). The molecule has 0 bridgehead atoms. The second-order valence-corrected chi connectivity index (χ2v) is 4.74. The Kier molecular flexibility index (Phi) is 3.77. The van der Waals surface area contributed by atoms with Crippen LogP contribution in [0.3, 0.4) is 0 Å². The SMILES string of the molecule is CCCc1c(NC)ncnc1Nc1ccc2c(c1)OCO2. The molecule has 0 spiro atoms. The maximum Gasteiger partial charge on any atom is 0.231 e. The van der Waals surface area contributed by atoms with Crippen molar-refractivity contribution >= 4 is 17.3 Å². The Morgan fingerprint density at radius 2 is 1.95 bits per heavy atom. The van der Waals surface area contributed by atoms with Gasteiger partial charge in [-0.2, -0.15) is 0 Å². The summed E-state index contributed by atoms with van der Waals surface area (Å²) in [6.45, 7) is 2.41. The molecule has 2 N–H and O–H groups in total. The third-order valence-electron chi connectivity index (χ3n) is 3.32. The zero-order valence-corrected chi connectivity index (χ0v) is 12.1. The largest absolute Gasteiger partial charge is 0.454 e. The molecular weight excluding hydrogens is 268 g/mol. The van der Waals surface area contributed by atoms with Gasteiger partial charge in [-0.15, -0.1) is 0 Å². The fourth-order valence-corrected chi connectivity index (χ4v) is 2.33. The third-order valence-corrected chi connectivity index (χ3v) is 3.32. The van der Waals surface area contributed by atoms with Crippen molar-refractivity contribution in [2.75, 3.05) is 24.5 Å². The molecule has 0 radical (unpaired) electrons. The Morgan fingerprint density at radius 1 is 1.14 bits per heavy atom. The van der Waals surface area contributed by atoms with E-state index in [0.29, 0.717) is 0 Å². The van der Waals surface area contributed by atoms with Crippen LogP contribution in [0, 0.1) is 0 Å². The summed E-state index contributed by atoms with van der Waals surface area (Å²) in [5, 5.41) is 6.45. The molecule has 0 atom stereocenters. The molecule has 0 aliphatic carbocycles. The number of hydrogen-bond acceptors (Lipinski definition) is 6. The quantitative estimate of drug-likeness (QED) is 0.880. The lowest BCUT2D eigenvalue weighted by molar-refractivity contribution is 0.174. The highest BCUT2D eigenvalue weighted by Gasteiger charge is 2.15. The van der Waals surface area contributed by atoms with E-state index in [0.717, 1.165) is 47.2 Å². The second-order valence-electron chi connectivity index (χ2n) is 4.74. The van der Waals surface area contributed by atoms with Gasteiger partial charge >= 0.3 is 0 Å². The van der Waals surface area contributed by atoms with Crippen LogP contribution in [0.1, 0.15) is 18.9 Å². The van der Waals surface area contributed by atoms with Crippen LogP contribution in [0.5, 0.6) is 11.5 Å². The molecular formula is C15H18N4O2. The van der Waals surface area contributed by atoms with Crippen molar-refractivity contribution in [2.45, 2.75) is 19.8 Å². The molecule has 1 aromatic carbocycles. The third kappa shape index (κ3) is 2.69. The van der Waals surface area contributed by atoms with E-state index in [2.05, 4.69) is 27.5 Å². The number of nitrogens with zero attached hydrogens (tertiary/aromatic N) is 2. The van der Waals surface area contributed by atoms with Crippen LogP contribution in [0.25, 0.3) is 0 Å². The number of aromatic nitrogens is 2. The monoisotopic (exact) mass is 286 g/mol. The first-order valence-electron chi connectivity index (χ1n) is 7.00. The lowest BCUT2D eigenvalue weighted by Gasteiger charge is -2.13. The fraction of sp³-hybridized carbons (Fsp3) is 0.333. The summed E-state index contributed by atoms with van der Waals surface area (Å²) >= 11 is 0. The van der Waals surface area contributed by atoms with Gasteiger partial charge in [0.2, 0.25) is 6.79 Å². The summed E-state index contributed by atoms with van der Waals surface area (Å²) in [5.41, 5.74) is 2.00. The van der Waals surface area contributed by atoms with E-state index in [4.69, 9.17) is 9.47 Å². The molecule has 1 aromatic heterocycles. The maximum absolute atomic E-state index is 5.39. The first kappa shape index (κ1) is 13.5. The van der Waals surface area contributed by atoms with Gasteiger partial charge in [-0.05, 0) is 18.6 Å². The van der Waals surface area contributed by atoms with Gasteiger partial charge in [0.15, 0.2) is 11.5 Å². The molecule has 21 heavy (non-hydrogen) atoms. The fourth-order valence-electron chi connectivity index (χ4n) is 2.33. The molecule has 1 aliphatic rings. The van der Waals surface area contributed by atoms with E-state index in [9.17, 15) is 0 Å². The van der Waals surface area contributed by atoms with Crippen molar-refractivity contribution < 1.29 is 9.47 Å². The highest BCUT2D eigenvalue weighted by Crippen LogP contribution is 2.35. The van der Waals surface area contributed by atoms with Gasteiger partial charge in [-0.1, -0.05) is 13.3 Å². The van der Waals surface area contributed by atoms with Gasteiger partial charge in [0, 0.05) is 24.4 Å². The van der Waals surface area contributed by atoms with Crippen LogP contribution in [-0.4, -0.2) is 23.8 Å². The number of fused-ring (bicyclic) bond motifs is 1. The molecule has 3 rings (SSSR count). The summed E-state index contributed by atoms with van der Waals surface area (Å²) < 4.78 is 10.7. The van der Waals surface area contributed by atoms with Crippen LogP contribution >= 0.6 is 0 Å². The van der Waals surface area contributed by atoms with Crippen molar-refractivity contribution in [2.24, 2.45) is 0 Å². The maximum atomic E-state index is 5.39. The molecule has 0 unspecified atom stereocenters. The smallest absolute Gasteiger partial charge is 0.231 e. The van der Waals surface area contributed by atoms with Crippen molar-refractivity contribution in [3.05, 3.63) is 30.1 Å². The topological polar surface area (TPSA) is 68.3 Å². The Bertz CT molecular complexity index is 646. The number of benzene rings is 1. The van der Waals surface area contributed by atoms with Crippen LogP contribution in [0.2, 0.25) is 0 Å². The molecule has 6 nitrogen and oxygen atoms in total. The average molecular weight is 286 g/mol. The minimum atomic E-state index is 0.275. The molecule has 0 saturated carbocycles. The molecule has 0 saturated heterocycles. The van der Waals surface area contributed by atoms with E-state index in [1.807, 2.05) is 25.2 Å². The Labute approximate surface area is 123 Å². The Hall–Kier alpha value is -2.50. The van der Waals surface area contributed by atoms with Gasteiger partial charge in [0.05, 0.1) is 0 Å². The van der Waals surface area contributed by atoms with Crippen molar-refractivity contribution in [1.29, 1.82) is 0 Å². The predicted molar refractivity (Wildman–Crippen MR) is 81.4 cm³/mol. The van der Waals surface area contributed by atoms with Gasteiger partial charge in [-0.3, -0.25) is 0 Å². The molecule has 2 aromatic rings. The number of anilines is 3.